The van der Waals surface area contributed by atoms with Crippen molar-refractivity contribution in [3.63, 3.8) is 0 Å². The summed E-state index contributed by atoms with van der Waals surface area (Å²) in [6.45, 7) is 9.74. The number of benzene rings is 1. The summed E-state index contributed by atoms with van der Waals surface area (Å²) < 4.78 is 24.5. The first-order valence-electron chi connectivity index (χ1n) is 5.71. The third-order valence-corrected chi connectivity index (χ3v) is 2.51. The van der Waals surface area contributed by atoms with E-state index < -0.39 is 5.82 Å². The number of halogens is 1. The maximum atomic E-state index is 13.7. The van der Waals surface area contributed by atoms with Crippen molar-refractivity contribution in [1.82, 2.24) is 0 Å². The molecular formula is C14H19FO2. The van der Waals surface area contributed by atoms with E-state index in [2.05, 4.69) is 6.58 Å². The summed E-state index contributed by atoms with van der Waals surface area (Å²) in [6, 6.07) is 4.60. The molecule has 17 heavy (non-hydrogen) atoms. The smallest absolute Gasteiger partial charge is 0.168 e. The van der Waals surface area contributed by atoms with Crippen LogP contribution in [0, 0.1) is 5.82 Å². The highest BCUT2D eigenvalue weighted by molar-refractivity contribution is 5.33. The summed E-state index contributed by atoms with van der Waals surface area (Å²) in [5, 5.41) is 0. The highest BCUT2D eigenvalue weighted by Gasteiger charge is 2.19. The Kier molecular flexibility index (Phi) is 4.55. The molecular weight excluding hydrogens is 219 g/mol. The van der Waals surface area contributed by atoms with E-state index in [1.54, 1.807) is 18.2 Å². The third kappa shape index (κ3) is 4.10. The SMILES string of the molecule is C=CCOc1ccc(OC(C)(C)CC)c(F)c1. The van der Waals surface area contributed by atoms with Crippen LogP contribution in [0.2, 0.25) is 0 Å². The van der Waals surface area contributed by atoms with Gasteiger partial charge in [-0.3, -0.25) is 0 Å². The van der Waals surface area contributed by atoms with Gasteiger partial charge in [-0.1, -0.05) is 19.6 Å². The number of hydrogen-bond donors (Lipinski definition) is 0. The normalized spacial score (nSPS) is 11.1. The van der Waals surface area contributed by atoms with E-state index in [4.69, 9.17) is 9.47 Å². The molecule has 0 atom stereocenters. The van der Waals surface area contributed by atoms with Gasteiger partial charge in [-0.05, 0) is 32.4 Å². The molecule has 0 amide bonds. The average Bonchev–Trinajstić information content (AvgIpc) is 2.29. The van der Waals surface area contributed by atoms with E-state index in [1.807, 2.05) is 20.8 Å². The third-order valence-electron chi connectivity index (χ3n) is 2.51. The van der Waals surface area contributed by atoms with Crippen molar-refractivity contribution in [1.29, 1.82) is 0 Å². The van der Waals surface area contributed by atoms with E-state index in [0.29, 0.717) is 12.4 Å². The second kappa shape index (κ2) is 5.71. The Morgan fingerprint density at radius 3 is 2.65 bits per heavy atom. The molecule has 1 aromatic rings. The Balaban J connectivity index is 2.79. The lowest BCUT2D eigenvalue weighted by atomic mass is 10.1. The maximum Gasteiger partial charge on any atom is 0.168 e. The van der Waals surface area contributed by atoms with Gasteiger partial charge in [0.15, 0.2) is 11.6 Å². The highest BCUT2D eigenvalue weighted by Crippen LogP contribution is 2.27. The summed E-state index contributed by atoms with van der Waals surface area (Å²) in [7, 11) is 0. The van der Waals surface area contributed by atoms with Gasteiger partial charge in [-0.15, -0.1) is 0 Å². The molecule has 1 aromatic carbocycles. The van der Waals surface area contributed by atoms with Crippen molar-refractivity contribution in [2.75, 3.05) is 6.61 Å². The van der Waals surface area contributed by atoms with Crippen LogP contribution in [0.5, 0.6) is 11.5 Å². The molecule has 94 valence electrons. The van der Waals surface area contributed by atoms with Crippen LogP contribution in [-0.4, -0.2) is 12.2 Å². The summed E-state index contributed by atoms with van der Waals surface area (Å²) in [5.74, 6) is 0.319. The van der Waals surface area contributed by atoms with Gasteiger partial charge < -0.3 is 9.47 Å². The molecule has 1 rings (SSSR count). The molecule has 0 aliphatic carbocycles. The number of ether oxygens (including phenoxy) is 2. The van der Waals surface area contributed by atoms with E-state index >= 15 is 0 Å². The molecule has 3 heteroatoms. The minimum atomic E-state index is -0.409. The zero-order chi connectivity index (χ0) is 12.9. The molecule has 0 spiro atoms. The van der Waals surface area contributed by atoms with Gasteiger partial charge >= 0.3 is 0 Å². The van der Waals surface area contributed by atoms with Crippen LogP contribution >= 0.6 is 0 Å². The lowest BCUT2D eigenvalue weighted by Crippen LogP contribution is -2.27. The van der Waals surface area contributed by atoms with Crippen molar-refractivity contribution in [3.05, 3.63) is 36.7 Å². The molecule has 2 nitrogen and oxygen atoms in total. The fraction of sp³-hybridized carbons (Fsp3) is 0.429. The molecule has 0 unspecified atom stereocenters. The van der Waals surface area contributed by atoms with Crippen molar-refractivity contribution < 1.29 is 13.9 Å². The minimum absolute atomic E-state index is 0.253. The lowest BCUT2D eigenvalue weighted by molar-refractivity contribution is 0.0993. The first-order valence-corrected chi connectivity index (χ1v) is 5.71. The summed E-state index contributed by atoms with van der Waals surface area (Å²) in [5.41, 5.74) is -0.371. The monoisotopic (exact) mass is 238 g/mol. The minimum Gasteiger partial charge on any atom is -0.489 e. The summed E-state index contributed by atoms with van der Waals surface area (Å²) in [4.78, 5) is 0. The van der Waals surface area contributed by atoms with E-state index in [1.165, 1.54) is 6.07 Å². The highest BCUT2D eigenvalue weighted by atomic mass is 19.1. The van der Waals surface area contributed by atoms with Crippen molar-refractivity contribution in [3.8, 4) is 11.5 Å². The lowest BCUT2D eigenvalue weighted by Gasteiger charge is -2.25. The number of rotatable bonds is 6. The second-order valence-corrected chi connectivity index (χ2v) is 4.41. The first kappa shape index (κ1) is 13.6. The van der Waals surface area contributed by atoms with Crippen LogP contribution in [0.3, 0.4) is 0 Å². The predicted molar refractivity (Wildman–Crippen MR) is 67.1 cm³/mol. The quantitative estimate of drug-likeness (QED) is 0.698. The number of hydrogen-bond acceptors (Lipinski definition) is 2. The Hall–Kier alpha value is -1.51. The van der Waals surface area contributed by atoms with Crippen LogP contribution in [0.15, 0.2) is 30.9 Å². The Bertz CT molecular complexity index is 386. The van der Waals surface area contributed by atoms with Crippen LogP contribution in [0.4, 0.5) is 4.39 Å². The van der Waals surface area contributed by atoms with Gasteiger partial charge in [0.05, 0.1) is 0 Å². The standard InChI is InChI=1S/C14H19FO2/c1-5-9-16-11-7-8-13(12(15)10-11)17-14(3,4)6-2/h5,7-8,10H,1,6,9H2,2-4H3. The molecule has 0 radical (unpaired) electrons. The average molecular weight is 238 g/mol. The maximum absolute atomic E-state index is 13.7. The Morgan fingerprint density at radius 1 is 1.41 bits per heavy atom. The topological polar surface area (TPSA) is 18.5 Å². The van der Waals surface area contributed by atoms with Crippen molar-refractivity contribution in [2.45, 2.75) is 32.8 Å². The molecule has 0 N–H and O–H groups in total. The summed E-state index contributed by atoms with van der Waals surface area (Å²) in [6.07, 6.45) is 2.42. The van der Waals surface area contributed by atoms with Gasteiger partial charge in [0.2, 0.25) is 0 Å². The molecule has 0 saturated heterocycles. The molecule has 0 fully saturated rings. The molecule has 0 saturated carbocycles. The van der Waals surface area contributed by atoms with Crippen molar-refractivity contribution in [2.24, 2.45) is 0 Å². The molecule has 0 aromatic heterocycles. The fourth-order valence-corrected chi connectivity index (χ4v) is 1.18. The van der Waals surface area contributed by atoms with Gasteiger partial charge in [0.25, 0.3) is 0 Å². The van der Waals surface area contributed by atoms with Crippen molar-refractivity contribution >= 4 is 0 Å². The zero-order valence-electron chi connectivity index (χ0n) is 10.6. The van der Waals surface area contributed by atoms with Crippen LogP contribution in [0.1, 0.15) is 27.2 Å². The summed E-state index contributed by atoms with van der Waals surface area (Å²) >= 11 is 0. The van der Waals surface area contributed by atoms with E-state index in [-0.39, 0.29) is 11.4 Å². The molecule has 0 aliphatic heterocycles. The van der Waals surface area contributed by atoms with Crippen LogP contribution in [-0.2, 0) is 0 Å². The molecule has 0 heterocycles. The molecule has 0 aliphatic rings. The molecule has 0 bridgehead atoms. The second-order valence-electron chi connectivity index (χ2n) is 4.41. The fourth-order valence-electron chi connectivity index (χ4n) is 1.18. The van der Waals surface area contributed by atoms with Gasteiger partial charge in [0.1, 0.15) is 18.0 Å². The predicted octanol–water partition coefficient (Wildman–Crippen LogP) is 3.96. The zero-order valence-corrected chi connectivity index (χ0v) is 10.6. The van der Waals surface area contributed by atoms with Crippen LogP contribution < -0.4 is 9.47 Å². The van der Waals surface area contributed by atoms with E-state index in [0.717, 1.165) is 6.42 Å². The van der Waals surface area contributed by atoms with Gasteiger partial charge in [-0.25, -0.2) is 4.39 Å². The van der Waals surface area contributed by atoms with E-state index in [9.17, 15) is 4.39 Å². The Labute approximate surface area is 102 Å². The van der Waals surface area contributed by atoms with Gasteiger partial charge in [-0.2, -0.15) is 0 Å². The first-order chi connectivity index (χ1) is 7.98. The Morgan fingerprint density at radius 2 is 2.12 bits per heavy atom. The largest absolute Gasteiger partial charge is 0.489 e. The van der Waals surface area contributed by atoms with Gasteiger partial charge in [0, 0.05) is 6.07 Å². The van der Waals surface area contributed by atoms with Crippen LogP contribution in [0.25, 0.3) is 0 Å².